The zero-order valence-electron chi connectivity index (χ0n) is 12.4. The van der Waals surface area contributed by atoms with Crippen LogP contribution in [0.4, 0.5) is 8.78 Å². The van der Waals surface area contributed by atoms with E-state index in [0.29, 0.717) is 6.42 Å². The molecule has 0 saturated heterocycles. The number of alkyl halides is 2. The summed E-state index contributed by atoms with van der Waals surface area (Å²) in [7, 11) is 0. The van der Waals surface area contributed by atoms with Crippen molar-refractivity contribution in [2.24, 2.45) is 0 Å². The monoisotopic (exact) mass is 296 g/mol. The second-order valence-corrected chi connectivity index (χ2v) is 6.88. The summed E-state index contributed by atoms with van der Waals surface area (Å²) in [6.07, 6.45) is 0.645. The molecule has 0 spiro atoms. The average Bonchev–Trinajstić information content (AvgIpc) is 2.24. The summed E-state index contributed by atoms with van der Waals surface area (Å²) < 4.78 is 29.3. The number of carbonyl (C=O) groups is 1. The van der Waals surface area contributed by atoms with Gasteiger partial charge >= 0.3 is 5.97 Å². The predicted molar refractivity (Wildman–Crippen MR) is 76.9 cm³/mol. The van der Waals surface area contributed by atoms with Crippen molar-refractivity contribution in [2.75, 3.05) is 5.75 Å². The van der Waals surface area contributed by atoms with Gasteiger partial charge in [0.05, 0.1) is 0 Å². The van der Waals surface area contributed by atoms with Gasteiger partial charge in [0.2, 0.25) is 6.43 Å². The van der Waals surface area contributed by atoms with Crippen LogP contribution in [-0.2, 0) is 9.53 Å². The molecule has 0 N–H and O–H groups in total. The minimum Gasteiger partial charge on any atom is -0.459 e. The highest BCUT2D eigenvalue weighted by atomic mass is 32.2. The zero-order chi connectivity index (χ0) is 14.9. The summed E-state index contributed by atoms with van der Waals surface area (Å²) in [5.41, 5.74) is -0.473. The van der Waals surface area contributed by atoms with Crippen LogP contribution >= 0.6 is 11.8 Å². The van der Waals surface area contributed by atoms with Crippen molar-refractivity contribution in [3.05, 3.63) is 0 Å². The fraction of sp³-hybridized carbons (Fsp3) is 0.929. The molecule has 0 aromatic heterocycles. The molecule has 0 aliphatic carbocycles. The highest BCUT2D eigenvalue weighted by Crippen LogP contribution is 2.22. The third-order valence-electron chi connectivity index (χ3n) is 2.36. The van der Waals surface area contributed by atoms with Crippen LogP contribution in [0.5, 0.6) is 0 Å². The number of thioether (sulfide) groups is 1. The van der Waals surface area contributed by atoms with E-state index in [0.717, 1.165) is 25.0 Å². The number of rotatable bonds is 9. The molecular weight excluding hydrogens is 270 g/mol. The first-order valence-corrected chi connectivity index (χ1v) is 7.93. The van der Waals surface area contributed by atoms with Crippen molar-refractivity contribution in [1.82, 2.24) is 0 Å². The van der Waals surface area contributed by atoms with Crippen LogP contribution in [0.1, 0.15) is 59.8 Å². The largest absolute Gasteiger partial charge is 0.459 e. The first-order valence-electron chi connectivity index (χ1n) is 6.89. The van der Waals surface area contributed by atoms with Crippen molar-refractivity contribution in [2.45, 2.75) is 77.1 Å². The Hall–Kier alpha value is -0.320. The second kappa shape index (κ2) is 9.56. The van der Waals surface area contributed by atoms with E-state index in [9.17, 15) is 13.6 Å². The van der Waals surface area contributed by atoms with E-state index >= 15 is 0 Å². The van der Waals surface area contributed by atoms with Crippen LogP contribution in [0.3, 0.4) is 0 Å². The maximum absolute atomic E-state index is 12.0. The lowest BCUT2D eigenvalue weighted by molar-refractivity contribution is -0.154. The molecule has 0 radical (unpaired) electrons. The van der Waals surface area contributed by atoms with Crippen LogP contribution in [-0.4, -0.2) is 29.0 Å². The second-order valence-electron chi connectivity index (χ2n) is 5.57. The summed E-state index contributed by atoms with van der Waals surface area (Å²) in [5, 5.41) is -0.171. The molecule has 0 fully saturated rings. The molecule has 0 amide bonds. The molecule has 2 nitrogen and oxygen atoms in total. The van der Waals surface area contributed by atoms with Gasteiger partial charge in [0, 0.05) is 6.42 Å². The Labute approximate surface area is 119 Å². The fourth-order valence-corrected chi connectivity index (χ4v) is 2.77. The summed E-state index contributed by atoms with van der Waals surface area (Å²) in [6.45, 7) is 7.57. The third kappa shape index (κ3) is 11.2. The molecule has 0 aromatic carbocycles. The van der Waals surface area contributed by atoms with Gasteiger partial charge < -0.3 is 4.74 Å². The van der Waals surface area contributed by atoms with Crippen molar-refractivity contribution in [3.8, 4) is 0 Å². The maximum Gasteiger partial charge on any atom is 0.319 e. The topological polar surface area (TPSA) is 26.3 Å². The molecule has 0 heterocycles. The van der Waals surface area contributed by atoms with Gasteiger partial charge in [-0.25, -0.2) is 8.78 Å². The molecule has 0 aliphatic rings. The van der Waals surface area contributed by atoms with Gasteiger partial charge in [-0.15, -0.1) is 11.8 Å². The number of hydrogen-bond donors (Lipinski definition) is 0. The molecule has 1 unspecified atom stereocenters. The Balaban J connectivity index is 4.01. The van der Waals surface area contributed by atoms with Crippen molar-refractivity contribution in [1.29, 1.82) is 0 Å². The highest BCUT2D eigenvalue weighted by molar-refractivity contribution is 8.00. The zero-order valence-corrected chi connectivity index (χ0v) is 13.2. The number of hydrogen-bond acceptors (Lipinski definition) is 3. The van der Waals surface area contributed by atoms with E-state index in [-0.39, 0.29) is 17.6 Å². The van der Waals surface area contributed by atoms with E-state index in [2.05, 4.69) is 0 Å². The average molecular weight is 296 g/mol. The quantitative estimate of drug-likeness (QED) is 0.457. The van der Waals surface area contributed by atoms with Gasteiger partial charge in [-0.2, -0.15) is 0 Å². The van der Waals surface area contributed by atoms with Gasteiger partial charge in [0.15, 0.2) is 0 Å². The normalized spacial score (nSPS) is 13.6. The number of ether oxygens (including phenoxy) is 1. The third-order valence-corrected chi connectivity index (χ3v) is 3.71. The molecule has 0 bridgehead atoms. The lowest BCUT2D eigenvalue weighted by atomic mass is 10.2. The van der Waals surface area contributed by atoms with E-state index in [1.165, 1.54) is 11.8 Å². The van der Waals surface area contributed by atoms with Gasteiger partial charge in [-0.3, -0.25) is 4.79 Å². The maximum atomic E-state index is 12.0. The molecular formula is C14H26F2O2S. The Bertz CT molecular complexity index is 252. The van der Waals surface area contributed by atoms with E-state index < -0.39 is 12.0 Å². The number of esters is 1. The van der Waals surface area contributed by atoms with Crippen molar-refractivity contribution in [3.63, 3.8) is 0 Å². The molecule has 114 valence electrons. The summed E-state index contributed by atoms with van der Waals surface area (Å²) in [4.78, 5) is 12.0. The number of carbonyl (C=O) groups excluding carboxylic acids is 1. The van der Waals surface area contributed by atoms with Gasteiger partial charge in [-0.05, 0) is 45.8 Å². The fourth-order valence-electron chi connectivity index (χ4n) is 1.53. The first-order chi connectivity index (χ1) is 8.76. The smallest absolute Gasteiger partial charge is 0.319 e. The highest BCUT2D eigenvalue weighted by Gasteiger charge is 2.24. The molecule has 19 heavy (non-hydrogen) atoms. The van der Waals surface area contributed by atoms with Crippen LogP contribution < -0.4 is 0 Å². The van der Waals surface area contributed by atoms with Crippen LogP contribution in [0, 0.1) is 0 Å². The summed E-state index contributed by atoms with van der Waals surface area (Å²) in [6, 6.07) is 0. The minimum absolute atomic E-state index is 0.0502. The molecule has 0 aliphatic heterocycles. The Morgan fingerprint density at radius 3 is 2.32 bits per heavy atom. The predicted octanol–water partition coefficient (Wildman–Crippen LogP) is 4.67. The van der Waals surface area contributed by atoms with Gasteiger partial charge in [-0.1, -0.05) is 13.3 Å². The minimum atomic E-state index is -2.22. The Morgan fingerprint density at radius 2 is 1.84 bits per heavy atom. The molecule has 0 rings (SSSR count). The first kappa shape index (κ1) is 18.7. The Kier molecular flexibility index (Phi) is 9.40. The van der Waals surface area contributed by atoms with Crippen molar-refractivity contribution < 1.29 is 18.3 Å². The molecule has 1 atom stereocenters. The molecule has 0 saturated carbocycles. The van der Waals surface area contributed by atoms with Crippen LogP contribution in [0.2, 0.25) is 0 Å². The molecule has 5 heteroatoms. The SMILES string of the molecule is CCCC(SCCCCC(F)F)C(=O)OC(C)(C)C. The molecule has 0 aromatic rings. The van der Waals surface area contributed by atoms with Crippen molar-refractivity contribution >= 4 is 17.7 Å². The Morgan fingerprint density at radius 1 is 1.21 bits per heavy atom. The standard InChI is InChI=1S/C14H26F2O2S/c1-5-8-11(13(17)18-14(2,3)4)19-10-7-6-9-12(15)16/h11-12H,5-10H2,1-4H3. The summed E-state index contributed by atoms with van der Waals surface area (Å²) in [5.74, 6) is 0.546. The van der Waals surface area contributed by atoms with E-state index in [1.807, 2.05) is 27.7 Å². The van der Waals surface area contributed by atoms with Gasteiger partial charge in [0.25, 0.3) is 0 Å². The summed E-state index contributed by atoms with van der Waals surface area (Å²) >= 11 is 1.53. The lowest BCUT2D eigenvalue weighted by Crippen LogP contribution is -2.30. The number of halogens is 2. The van der Waals surface area contributed by atoms with E-state index in [4.69, 9.17) is 4.74 Å². The van der Waals surface area contributed by atoms with Crippen LogP contribution in [0.25, 0.3) is 0 Å². The number of unbranched alkanes of at least 4 members (excludes halogenated alkanes) is 1. The lowest BCUT2D eigenvalue weighted by Gasteiger charge is -2.23. The van der Waals surface area contributed by atoms with Gasteiger partial charge in [0.1, 0.15) is 10.9 Å². The van der Waals surface area contributed by atoms with Crippen LogP contribution in [0.15, 0.2) is 0 Å². The van der Waals surface area contributed by atoms with E-state index in [1.54, 1.807) is 0 Å².